The molecule has 180 valence electrons. The maximum atomic E-state index is 12.8. The van der Waals surface area contributed by atoms with E-state index in [9.17, 15) is 39.4 Å². The number of hydrogen-bond acceptors (Lipinski definition) is 9. The van der Waals surface area contributed by atoms with Crippen LogP contribution in [0.2, 0.25) is 0 Å². The lowest BCUT2D eigenvalue weighted by Crippen LogP contribution is -2.19. The predicted molar refractivity (Wildman–Crippen MR) is 123 cm³/mol. The number of nitrogens with zero attached hydrogens (tertiary/aromatic N) is 2. The number of benzene rings is 2. The second kappa shape index (κ2) is 10.9. The second-order valence-electron chi connectivity index (χ2n) is 7.25. The summed E-state index contributed by atoms with van der Waals surface area (Å²) in [5, 5.41) is 22.3. The van der Waals surface area contributed by atoms with Gasteiger partial charge in [0.1, 0.15) is 0 Å². The Morgan fingerprint density at radius 3 is 1.31 bits per heavy atom. The Hall–Kier alpha value is -4.80. The van der Waals surface area contributed by atoms with Crippen molar-refractivity contribution in [3.05, 3.63) is 102 Å². The SMILES string of the molecule is C/C=C(/C)C(=O)c1cc([N+](=O)[O-])ccc1C(=O)OC(=O)c1ccc([N+](=O)[O-])cc1C(=O)/C(C)=C\C. The molecule has 0 unspecified atom stereocenters. The molecule has 0 atom stereocenters. The van der Waals surface area contributed by atoms with E-state index in [-0.39, 0.29) is 22.3 Å². The summed E-state index contributed by atoms with van der Waals surface area (Å²) in [6.07, 6.45) is 2.89. The van der Waals surface area contributed by atoms with Crippen LogP contribution in [0.4, 0.5) is 11.4 Å². The van der Waals surface area contributed by atoms with Crippen LogP contribution in [0.5, 0.6) is 0 Å². The molecular formula is C24H20N2O9. The molecule has 0 aliphatic rings. The van der Waals surface area contributed by atoms with Crippen molar-refractivity contribution in [3.8, 4) is 0 Å². The highest BCUT2D eigenvalue weighted by molar-refractivity contribution is 6.18. The van der Waals surface area contributed by atoms with Gasteiger partial charge in [-0.3, -0.25) is 29.8 Å². The topological polar surface area (TPSA) is 164 Å². The first-order valence-electron chi connectivity index (χ1n) is 10.1. The van der Waals surface area contributed by atoms with Crippen LogP contribution in [0.3, 0.4) is 0 Å². The fraction of sp³-hybridized carbons (Fsp3) is 0.167. The zero-order valence-corrected chi connectivity index (χ0v) is 19.2. The highest BCUT2D eigenvalue weighted by Crippen LogP contribution is 2.25. The van der Waals surface area contributed by atoms with Gasteiger partial charge in [-0.1, -0.05) is 12.2 Å². The molecule has 35 heavy (non-hydrogen) atoms. The number of nitro benzene ring substituents is 2. The largest absolute Gasteiger partial charge is 0.386 e. The Labute approximate surface area is 199 Å². The lowest BCUT2D eigenvalue weighted by atomic mass is 9.97. The maximum absolute atomic E-state index is 12.8. The van der Waals surface area contributed by atoms with Crippen molar-refractivity contribution in [2.24, 2.45) is 0 Å². The van der Waals surface area contributed by atoms with Gasteiger partial charge in [-0.05, 0) is 51.0 Å². The number of ether oxygens (including phenoxy) is 1. The van der Waals surface area contributed by atoms with Crippen molar-refractivity contribution in [3.63, 3.8) is 0 Å². The van der Waals surface area contributed by atoms with Crippen LogP contribution in [-0.2, 0) is 4.74 Å². The minimum absolute atomic E-state index is 0.191. The number of carbonyl (C=O) groups excluding carboxylic acids is 4. The Bertz CT molecular complexity index is 1240. The average Bonchev–Trinajstić information content (AvgIpc) is 2.85. The van der Waals surface area contributed by atoms with Gasteiger partial charge in [0.25, 0.3) is 11.4 Å². The van der Waals surface area contributed by atoms with E-state index in [1.165, 1.54) is 26.0 Å². The summed E-state index contributed by atoms with van der Waals surface area (Å²) < 4.78 is 4.87. The van der Waals surface area contributed by atoms with E-state index in [0.29, 0.717) is 0 Å². The molecule has 0 aromatic heterocycles. The highest BCUT2D eigenvalue weighted by Gasteiger charge is 2.28. The van der Waals surface area contributed by atoms with Gasteiger partial charge in [-0.15, -0.1) is 0 Å². The van der Waals surface area contributed by atoms with Gasteiger partial charge in [-0.25, -0.2) is 9.59 Å². The summed E-state index contributed by atoms with van der Waals surface area (Å²) in [6.45, 7) is 6.01. The number of carbonyl (C=O) groups is 4. The number of rotatable bonds is 8. The van der Waals surface area contributed by atoms with Crippen LogP contribution >= 0.6 is 0 Å². The molecule has 0 fully saturated rings. The lowest BCUT2D eigenvalue weighted by molar-refractivity contribution is -0.385. The number of ketones is 2. The van der Waals surface area contributed by atoms with Crippen LogP contribution < -0.4 is 0 Å². The fourth-order valence-electron chi connectivity index (χ4n) is 2.90. The van der Waals surface area contributed by atoms with E-state index < -0.39 is 55.9 Å². The molecule has 0 radical (unpaired) electrons. The van der Waals surface area contributed by atoms with Gasteiger partial charge in [0.2, 0.25) is 0 Å². The van der Waals surface area contributed by atoms with Crippen molar-refractivity contribution in [2.45, 2.75) is 27.7 Å². The molecule has 0 heterocycles. The van der Waals surface area contributed by atoms with E-state index >= 15 is 0 Å². The van der Waals surface area contributed by atoms with Crippen molar-refractivity contribution in [2.75, 3.05) is 0 Å². The van der Waals surface area contributed by atoms with Crippen molar-refractivity contribution in [1.29, 1.82) is 0 Å². The first-order chi connectivity index (χ1) is 16.4. The summed E-state index contributed by atoms with van der Waals surface area (Å²) in [4.78, 5) is 71.8. The Kier molecular flexibility index (Phi) is 8.22. The standard InChI is InChI=1S/C24H20N2O9/c1-5-13(3)21(27)19-11-15(25(31)32)7-9-17(19)23(29)35-24(30)18-10-8-16(26(33)34)12-20(18)22(28)14(4)6-2/h5-12H,1-4H3/b13-5-,14-6-. The zero-order valence-electron chi connectivity index (χ0n) is 19.2. The zero-order chi connectivity index (χ0) is 26.4. The third-order valence-corrected chi connectivity index (χ3v) is 5.12. The van der Waals surface area contributed by atoms with Crippen LogP contribution in [0.1, 0.15) is 69.1 Å². The summed E-state index contributed by atoms with van der Waals surface area (Å²) in [6, 6.07) is 5.70. The highest BCUT2D eigenvalue weighted by atomic mass is 16.6. The van der Waals surface area contributed by atoms with Gasteiger partial charge in [0.05, 0.1) is 21.0 Å². The normalized spacial score (nSPS) is 11.5. The summed E-state index contributed by atoms with van der Waals surface area (Å²) in [5.41, 5.74) is -2.04. The molecule has 0 spiro atoms. The second-order valence-corrected chi connectivity index (χ2v) is 7.25. The van der Waals surface area contributed by atoms with Gasteiger partial charge in [0, 0.05) is 35.4 Å². The first kappa shape index (κ1) is 26.5. The predicted octanol–water partition coefficient (Wildman–Crippen LogP) is 4.80. The van der Waals surface area contributed by atoms with Gasteiger partial charge < -0.3 is 4.74 Å². The molecule has 0 bridgehead atoms. The van der Waals surface area contributed by atoms with Gasteiger partial charge in [0.15, 0.2) is 11.6 Å². The number of nitro groups is 2. The van der Waals surface area contributed by atoms with E-state index in [4.69, 9.17) is 4.74 Å². The summed E-state index contributed by atoms with van der Waals surface area (Å²) in [5.74, 6) is -3.97. The molecule has 2 rings (SSSR count). The third kappa shape index (κ3) is 5.77. The molecule has 11 heteroatoms. The number of allylic oxidation sites excluding steroid dienone is 4. The minimum Gasteiger partial charge on any atom is -0.386 e. The van der Waals surface area contributed by atoms with Crippen LogP contribution in [0, 0.1) is 20.2 Å². The summed E-state index contributed by atoms with van der Waals surface area (Å²) >= 11 is 0. The molecule has 0 aliphatic carbocycles. The molecule has 0 N–H and O–H groups in total. The fourth-order valence-corrected chi connectivity index (χ4v) is 2.90. The first-order valence-corrected chi connectivity index (χ1v) is 10.1. The van der Waals surface area contributed by atoms with Crippen LogP contribution in [0.25, 0.3) is 0 Å². The number of hydrogen-bond donors (Lipinski definition) is 0. The molecule has 2 aromatic carbocycles. The number of Topliss-reactive ketones (excluding diaryl/α,β-unsaturated/α-hetero) is 2. The average molecular weight is 480 g/mol. The molecule has 0 saturated heterocycles. The number of esters is 2. The summed E-state index contributed by atoms with van der Waals surface area (Å²) in [7, 11) is 0. The molecular weight excluding hydrogens is 460 g/mol. The van der Waals surface area contributed by atoms with E-state index in [1.54, 1.807) is 13.8 Å². The molecule has 2 aromatic rings. The van der Waals surface area contributed by atoms with Crippen molar-refractivity contribution >= 4 is 34.9 Å². The molecule has 11 nitrogen and oxygen atoms in total. The van der Waals surface area contributed by atoms with Crippen LogP contribution in [0.15, 0.2) is 59.7 Å². The van der Waals surface area contributed by atoms with Gasteiger partial charge >= 0.3 is 11.9 Å². The lowest BCUT2D eigenvalue weighted by Gasteiger charge is -2.11. The maximum Gasteiger partial charge on any atom is 0.346 e. The molecule has 0 saturated carbocycles. The Balaban J connectivity index is 2.54. The number of non-ortho nitro benzene ring substituents is 2. The minimum atomic E-state index is -1.29. The van der Waals surface area contributed by atoms with Crippen molar-refractivity contribution < 1.29 is 33.8 Å². The third-order valence-electron chi connectivity index (χ3n) is 5.12. The monoisotopic (exact) mass is 480 g/mol. The van der Waals surface area contributed by atoms with E-state index in [2.05, 4.69) is 0 Å². The Morgan fingerprint density at radius 1 is 0.686 bits per heavy atom. The van der Waals surface area contributed by atoms with Crippen molar-refractivity contribution in [1.82, 2.24) is 0 Å². The van der Waals surface area contributed by atoms with E-state index in [1.807, 2.05) is 0 Å². The van der Waals surface area contributed by atoms with Crippen LogP contribution in [-0.4, -0.2) is 33.4 Å². The molecule has 0 aliphatic heterocycles. The van der Waals surface area contributed by atoms with E-state index in [0.717, 1.165) is 36.4 Å². The smallest absolute Gasteiger partial charge is 0.346 e. The Morgan fingerprint density at radius 2 is 1.03 bits per heavy atom. The molecule has 0 amide bonds. The van der Waals surface area contributed by atoms with Gasteiger partial charge in [-0.2, -0.15) is 0 Å². The quantitative estimate of drug-likeness (QED) is 0.129.